The Hall–Kier alpha value is -1.85. The van der Waals surface area contributed by atoms with E-state index in [9.17, 15) is 9.59 Å². The van der Waals surface area contributed by atoms with E-state index in [1.807, 2.05) is 20.8 Å². The molecule has 0 unspecified atom stereocenters. The number of nitrogens with zero attached hydrogens (tertiary/aromatic N) is 2. The van der Waals surface area contributed by atoms with Crippen molar-refractivity contribution in [2.45, 2.75) is 46.1 Å². The van der Waals surface area contributed by atoms with Crippen molar-refractivity contribution in [1.29, 1.82) is 0 Å². The molecule has 0 saturated heterocycles. The largest absolute Gasteiger partial charge is 0.480 e. The van der Waals surface area contributed by atoms with E-state index in [2.05, 4.69) is 5.16 Å². The Morgan fingerprint density at radius 3 is 2.37 bits per heavy atom. The van der Waals surface area contributed by atoms with Crippen molar-refractivity contribution in [2.24, 2.45) is 0 Å². The minimum Gasteiger partial charge on any atom is -0.480 e. The molecular formula is C13H20N2O4. The Morgan fingerprint density at radius 1 is 1.42 bits per heavy atom. The number of carboxylic acid groups (broad SMARTS) is 1. The third kappa shape index (κ3) is 3.81. The predicted octanol–water partition coefficient (Wildman–Crippen LogP) is 1.91. The lowest BCUT2D eigenvalue weighted by Gasteiger charge is -2.23. The first-order chi connectivity index (χ1) is 8.62. The van der Waals surface area contributed by atoms with Gasteiger partial charge in [0, 0.05) is 17.5 Å². The molecule has 1 rings (SSSR count). The van der Waals surface area contributed by atoms with Crippen molar-refractivity contribution in [2.75, 3.05) is 6.54 Å². The summed E-state index contributed by atoms with van der Waals surface area (Å²) in [4.78, 5) is 24.2. The molecule has 0 aliphatic carbocycles. The van der Waals surface area contributed by atoms with Gasteiger partial charge in [-0.1, -0.05) is 25.9 Å². The van der Waals surface area contributed by atoms with E-state index in [1.54, 1.807) is 19.9 Å². The van der Waals surface area contributed by atoms with Crippen LogP contribution in [-0.4, -0.2) is 39.6 Å². The number of aliphatic carboxylic acids is 1. The van der Waals surface area contributed by atoms with Gasteiger partial charge in [-0.15, -0.1) is 0 Å². The zero-order valence-corrected chi connectivity index (χ0v) is 11.9. The summed E-state index contributed by atoms with van der Waals surface area (Å²) in [6.45, 7) is 8.99. The molecule has 0 fully saturated rings. The predicted molar refractivity (Wildman–Crippen MR) is 69.0 cm³/mol. The van der Waals surface area contributed by atoms with Gasteiger partial charge in [-0.25, -0.2) is 0 Å². The summed E-state index contributed by atoms with van der Waals surface area (Å²) < 4.78 is 5.14. The molecule has 1 aromatic heterocycles. The van der Waals surface area contributed by atoms with Crippen molar-refractivity contribution in [1.82, 2.24) is 10.1 Å². The molecule has 6 heteroatoms. The summed E-state index contributed by atoms with van der Waals surface area (Å²) in [5, 5.41) is 12.6. The van der Waals surface area contributed by atoms with Crippen molar-refractivity contribution in [3.05, 3.63) is 17.5 Å². The Kier molecular flexibility index (Phi) is 4.34. The van der Waals surface area contributed by atoms with Gasteiger partial charge in [-0.3, -0.25) is 9.59 Å². The van der Waals surface area contributed by atoms with E-state index >= 15 is 0 Å². The van der Waals surface area contributed by atoms with Crippen molar-refractivity contribution < 1.29 is 19.2 Å². The van der Waals surface area contributed by atoms with Crippen LogP contribution in [0.2, 0.25) is 0 Å². The molecule has 1 N–H and O–H groups in total. The van der Waals surface area contributed by atoms with Crippen LogP contribution in [0.3, 0.4) is 0 Å². The average Bonchev–Trinajstić information content (AvgIpc) is 2.72. The lowest BCUT2D eigenvalue weighted by Crippen LogP contribution is -2.40. The number of hydrogen-bond donors (Lipinski definition) is 1. The number of hydrogen-bond acceptors (Lipinski definition) is 4. The van der Waals surface area contributed by atoms with Gasteiger partial charge in [0.1, 0.15) is 12.3 Å². The minimum atomic E-state index is -1.05. The van der Waals surface area contributed by atoms with E-state index in [0.29, 0.717) is 5.76 Å². The normalized spacial score (nSPS) is 11.7. The Labute approximate surface area is 112 Å². The van der Waals surface area contributed by atoms with E-state index in [4.69, 9.17) is 9.63 Å². The molecule has 0 radical (unpaired) electrons. The van der Waals surface area contributed by atoms with Crippen molar-refractivity contribution >= 4 is 11.9 Å². The topological polar surface area (TPSA) is 83.6 Å². The Morgan fingerprint density at radius 2 is 2.00 bits per heavy atom. The Balaban J connectivity index is 2.97. The highest BCUT2D eigenvalue weighted by atomic mass is 16.5. The fourth-order valence-corrected chi connectivity index (χ4v) is 1.51. The number of aromatic nitrogens is 1. The van der Waals surface area contributed by atoms with Crippen LogP contribution >= 0.6 is 0 Å². The summed E-state index contributed by atoms with van der Waals surface area (Å²) in [6.07, 6.45) is 0. The van der Waals surface area contributed by atoms with Crippen LogP contribution in [0.1, 0.15) is 50.9 Å². The van der Waals surface area contributed by atoms with Crippen molar-refractivity contribution in [3.63, 3.8) is 0 Å². The van der Waals surface area contributed by atoms with E-state index in [0.717, 1.165) is 0 Å². The number of carbonyl (C=O) groups is 2. The first kappa shape index (κ1) is 15.2. The SMILES string of the molecule is CC(C)N(CC(=O)O)C(=O)c1cc(C(C)(C)C)on1. The van der Waals surface area contributed by atoms with Crippen LogP contribution in [0.15, 0.2) is 10.6 Å². The zero-order chi connectivity index (χ0) is 14.8. The number of carbonyl (C=O) groups excluding carboxylic acids is 1. The second-order valence-corrected chi connectivity index (χ2v) is 5.75. The van der Waals surface area contributed by atoms with Crippen molar-refractivity contribution in [3.8, 4) is 0 Å². The highest BCUT2D eigenvalue weighted by molar-refractivity contribution is 5.94. The quantitative estimate of drug-likeness (QED) is 0.901. The van der Waals surface area contributed by atoms with E-state index < -0.39 is 11.9 Å². The second kappa shape index (κ2) is 5.42. The van der Waals surface area contributed by atoms with E-state index in [-0.39, 0.29) is 23.7 Å². The van der Waals surface area contributed by atoms with Crippen LogP contribution in [0.4, 0.5) is 0 Å². The van der Waals surface area contributed by atoms with Gasteiger partial charge in [0.2, 0.25) is 0 Å². The van der Waals surface area contributed by atoms with Gasteiger partial charge < -0.3 is 14.5 Å². The maximum Gasteiger partial charge on any atom is 0.323 e. The average molecular weight is 268 g/mol. The fourth-order valence-electron chi connectivity index (χ4n) is 1.51. The summed E-state index contributed by atoms with van der Waals surface area (Å²) in [7, 11) is 0. The molecule has 1 heterocycles. The molecule has 106 valence electrons. The molecule has 1 amide bonds. The number of rotatable bonds is 4. The Bertz CT molecular complexity index is 471. The van der Waals surface area contributed by atoms with Crippen LogP contribution in [0.25, 0.3) is 0 Å². The van der Waals surface area contributed by atoms with Gasteiger partial charge in [0.05, 0.1) is 0 Å². The molecule has 0 aliphatic rings. The van der Waals surface area contributed by atoms with Crippen LogP contribution in [0.5, 0.6) is 0 Å². The van der Waals surface area contributed by atoms with Gasteiger partial charge in [0.15, 0.2) is 5.69 Å². The maximum atomic E-state index is 12.2. The van der Waals surface area contributed by atoms with Gasteiger partial charge in [-0.05, 0) is 13.8 Å². The molecule has 0 aliphatic heterocycles. The zero-order valence-electron chi connectivity index (χ0n) is 11.9. The molecule has 1 aromatic rings. The van der Waals surface area contributed by atoms with Gasteiger partial charge >= 0.3 is 5.97 Å². The number of amides is 1. The van der Waals surface area contributed by atoms with E-state index in [1.165, 1.54) is 4.90 Å². The van der Waals surface area contributed by atoms with Crippen LogP contribution in [0, 0.1) is 0 Å². The highest BCUT2D eigenvalue weighted by Gasteiger charge is 2.27. The highest BCUT2D eigenvalue weighted by Crippen LogP contribution is 2.23. The molecule has 19 heavy (non-hydrogen) atoms. The maximum absolute atomic E-state index is 12.2. The monoisotopic (exact) mass is 268 g/mol. The molecule has 0 aromatic carbocycles. The smallest absolute Gasteiger partial charge is 0.323 e. The molecule has 0 bridgehead atoms. The lowest BCUT2D eigenvalue weighted by atomic mass is 9.93. The standard InChI is InChI=1S/C13H20N2O4/c1-8(2)15(7-11(16)17)12(18)9-6-10(19-14-9)13(3,4)5/h6,8H,7H2,1-5H3,(H,16,17). The van der Waals surface area contributed by atoms with Crippen LogP contribution < -0.4 is 0 Å². The third-order valence-electron chi connectivity index (χ3n) is 2.66. The lowest BCUT2D eigenvalue weighted by molar-refractivity contribution is -0.138. The summed E-state index contributed by atoms with van der Waals surface area (Å²) in [6, 6.07) is 1.35. The van der Waals surface area contributed by atoms with Gasteiger partial charge in [-0.2, -0.15) is 0 Å². The second-order valence-electron chi connectivity index (χ2n) is 5.75. The fraction of sp³-hybridized carbons (Fsp3) is 0.615. The van der Waals surface area contributed by atoms with Gasteiger partial charge in [0.25, 0.3) is 5.91 Å². The van der Waals surface area contributed by atoms with Crippen LogP contribution in [-0.2, 0) is 10.2 Å². The number of carboxylic acids is 1. The minimum absolute atomic E-state index is 0.139. The third-order valence-corrected chi connectivity index (χ3v) is 2.66. The first-order valence-electron chi connectivity index (χ1n) is 6.13. The molecule has 0 spiro atoms. The molecule has 0 atom stereocenters. The molecule has 6 nitrogen and oxygen atoms in total. The summed E-state index contributed by atoms with van der Waals surface area (Å²) in [5.74, 6) is -0.895. The summed E-state index contributed by atoms with van der Waals surface area (Å²) >= 11 is 0. The molecule has 0 saturated carbocycles. The first-order valence-corrected chi connectivity index (χ1v) is 6.13. The summed E-state index contributed by atoms with van der Waals surface area (Å²) in [5.41, 5.74) is -0.110. The molecular weight excluding hydrogens is 248 g/mol.